The molecule has 0 bridgehead atoms. The van der Waals surface area contributed by atoms with Gasteiger partial charge >= 0.3 is 208 Å². The van der Waals surface area contributed by atoms with Crippen LogP contribution in [0.1, 0.15) is 49.4 Å². The fourth-order valence-electron chi connectivity index (χ4n) is 6.14. The van der Waals surface area contributed by atoms with E-state index in [0.29, 0.717) is 9.54 Å². The van der Waals surface area contributed by atoms with Gasteiger partial charge in [-0.2, -0.15) is 0 Å². The predicted octanol–water partition coefficient (Wildman–Crippen LogP) is 9.94. The van der Waals surface area contributed by atoms with Crippen molar-refractivity contribution >= 4 is 47.1 Å². The molecule has 2 aliphatic carbocycles. The van der Waals surface area contributed by atoms with Gasteiger partial charge in [-0.3, -0.25) is 0 Å². The minimum absolute atomic E-state index is 0. The van der Waals surface area contributed by atoms with Crippen molar-refractivity contribution in [2.75, 3.05) is 0 Å². The van der Waals surface area contributed by atoms with Crippen LogP contribution in [-0.4, -0.2) is 5.43 Å². The summed E-state index contributed by atoms with van der Waals surface area (Å²) >= 11 is -1.95. The normalized spacial score (nSPS) is 18.8. The Bertz CT molecular complexity index is 1430. The molecule has 35 heavy (non-hydrogen) atoms. The zero-order valence-corrected chi connectivity index (χ0v) is 26.9. The fourth-order valence-corrected chi connectivity index (χ4v) is 26.8. The van der Waals surface area contributed by atoms with Gasteiger partial charge < -0.3 is 0 Å². The summed E-state index contributed by atoms with van der Waals surface area (Å²) in [5, 5.41) is 2.68. The summed E-state index contributed by atoms with van der Waals surface area (Å²) in [6.45, 7) is 17.3. The molecule has 3 aromatic carbocycles. The predicted molar refractivity (Wildman–Crippen MR) is 158 cm³/mol. The Morgan fingerprint density at radius 1 is 0.743 bits per heavy atom. The fraction of sp³-hybridized carbons (Fsp3) is 0.290. The van der Waals surface area contributed by atoms with Gasteiger partial charge in [0, 0.05) is 0 Å². The largest absolute Gasteiger partial charge is 0.147 e. The van der Waals surface area contributed by atoms with Crippen LogP contribution in [-0.2, 0) is 20.4 Å². The number of hydrogen-bond donors (Lipinski definition) is 0. The molecule has 2 unspecified atom stereocenters. The molecule has 3 aromatic rings. The van der Waals surface area contributed by atoms with Crippen LogP contribution < -0.4 is 0 Å². The molecule has 2 aliphatic rings. The van der Waals surface area contributed by atoms with E-state index in [-0.39, 0.29) is 30.2 Å². The van der Waals surface area contributed by atoms with Crippen molar-refractivity contribution in [2.24, 2.45) is 5.92 Å². The first kappa shape index (κ1) is 28.4. The Labute approximate surface area is 231 Å². The number of fused-ring (bicyclic) bond motifs is 2. The molecule has 0 aromatic heterocycles. The Morgan fingerprint density at radius 2 is 1.37 bits per heavy atom. The first-order valence-corrected chi connectivity index (χ1v) is 21.0. The van der Waals surface area contributed by atoms with E-state index in [2.05, 4.69) is 114 Å². The number of halogens is 2. The zero-order valence-electron chi connectivity index (χ0n) is 21.8. The first-order chi connectivity index (χ1) is 15.8. The maximum absolute atomic E-state index is 2.61. The minimum Gasteiger partial charge on any atom is -0.147 e. The van der Waals surface area contributed by atoms with E-state index in [1.54, 1.807) is 27.9 Å². The summed E-state index contributed by atoms with van der Waals surface area (Å²) in [4.78, 5) is 0. The quantitative estimate of drug-likeness (QED) is 0.263. The Morgan fingerprint density at radius 3 is 2.03 bits per heavy atom. The molecule has 0 heterocycles. The number of benzene rings is 3. The SMILES string of the molecule is CC1=Cc2c(-c3cccc4ccccc34)cccc2[CH]1[Zr]([C]1=C(C)C(C)=C(C)C1C)=[Si](C)C.Cl.Cl. The van der Waals surface area contributed by atoms with Crippen LogP contribution >= 0.6 is 24.8 Å². The van der Waals surface area contributed by atoms with Crippen molar-refractivity contribution in [1.82, 2.24) is 0 Å². The van der Waals surface area contributed by atoms with Gasteiger partial charge in [-0.15, -0.1) is 24.8 Å². The third-order valence-corrected chi connectivity index (χ3v) is 27.2. The molecule has 0 N–H and O–H groups in total. The van der Waals surface area contributed by atoms with E-state index >= 15 is 0 Å². The smallest absolute Gasteiger partial charge is 0.147 e. The molecule has 4 heteroatoms. The van der Waals surface area contributed by atoms with E-state index in [1.165, 1.54) is 27.5 Å². The van der Waals surface area contributed by atoms with Crippen LogP contribution in [0.2, 0.25) is 13.1 Å². The molecule has 5 rings (SSSR count). The molecule has 0 spiro atoms. The van der Waals surface area contributed by atoms with Gasteiger partial charge in [0.1, 0.15) is 0 Å². The summed E-state index contributed by atoms with van der Waals surface area (Å²) in [7, 11) is 0. The van der Waals surface area contributed by atoms with Crippen molar-refractivity contribution in [2.45, 2.75) is 51.3 Å². The average Bonchev–Trinajstić information content (AvgIpc) is 3.23. The summed E-state index contributed by atoms with van der Waals surface area (Å²) in [5.41, 5.74) is 12.0. The second-order valence-corrected chi connectivity index (χ2v) is 27.5. The summed E-state index contributed by atoms with van der Waals surface area (Å²) in [5.74, 6) is 0.650. The second kappa shape index (κ2) is 11.1. The van der Waals surface area contributed by atoms with Crippen LogP contribution in [0.4, 0.5) is 0 Å². The van der Waals surface area contributed by atoms with E-state index in [4.69, 9.17) is 0 Å². The van der Waals surface area contributed by atoms with E-state index in [0.717, 1.165) is 0 Å². The van der Waals surface area contributed by atoms with Crippen molar-refractivity contribution in [1.29, 1.82) is 0 Å². The molecule has 0 aliphatic heterocycles. The van der Waals surface area contributed by atoms with Gasteiger partial charge in [0.05, 0.1) is 0 Å². The molecule has 0 nitrogen and oxygen atoms in total. The summed E-state index contributed by atoms with van der Waals surface area (Å²) in [6, 6.07) is 22.7. The van der Waals surface area contributed by atoms with Crippen LogP contribution in [0.15, 0.2) is 86.2 Å². The van der Waals surface area contributed by atoms with Crippen LogP contribution in [0.25, 0.3) is 28.0 Å². The number of hydrogen-bond acceptors (Lipinski definition) is 0. The summed E-state index contributed by atoms with van der Waals surface area (Å²) < 4.78 is 2.60. The molecule has 0 saturated heterocycles. The molecule has 0 amide bonds. The van der Waals surface area contributed by atoms with Gasteiger partial charge in [0.25, 0.3) is 0 Å². The van der Waals surface area contributed by atoms with Gasteiger partial charge in [-0.05, 0) is 0 Å². The Kier molecular flexibility index (Phi) is 8.97. The Hall–Kier alpha value is -1.18. The van der Waals surface area contributed by atoms with Crippen molar-refractivity contribution in [3.63, 3.8) is 0 Å². The third-order valence-electron chi connectivity index (χ3n) is 8.12. The first-order valence-electron chi connectivity index (χ1n) is 12.2. The minimum atomic E-state index is -1.95. The molecule has 0 saturated carbocycles. The molecular weight excluding hydrogens is 563 g/mol. The standard InChI is InChI=1S/C20H15.C9H13.C2H6Si.2ClH.Zr/c1-14-12-16-8-5-11-19(20(16)13-14)18-10-4-7-15-6-2-3-9-17(15)18;1-6-5-7(2)9(4)8(6)3;1-3-2;;;/h2-13H,1H3;6H,1-4H3;1-2H3;2*1H;. The summed E-state index contributed by atoms with van der Waals surface area (Å²) in [6.07, 6.45) is 2.55. The zero-order chi connectivity index (χ0) is 23.4. The van der Waals surface area contributed by atoms with Gasteiger partial charge in [0.2, 0.25) is 0 Å². The van der Waals surface area contributed by atoms with Crippen molar-refractivity contribution < 1.29 is 20.4 Å². The van der Waals surface area contributed by atoms with Crippen molar-refractivity contribution in [3.8, 4) is 11.1 Å². The van der Waals surface area contributed by atoms with E-state index in [9.17, 15) is 0 Å². The third kappa shape index (κ3) is 4.66. The Balaban J connectivity index is 0.00000171. The van der Waals surface area contributed by atoms with E-state index < -0.39 is 20.4 Å². The number of rotatable bonds is 3. The number of allylic oxidation sites excluding steroid dienone is 5. The second-order valence-electron chi connectivity index (χ2n) is 10.1. The molecule has 2 atom stereocenters. The van der Waals surface area contributed by atoms with Crippen LogP contribution in [0.5, 0.6) is 0 Å². The molecular formula is C31H36Cl2SiZr. The van der Waals surface area contributed by atoms with Gasteiger partial charge in [0.15, 0.2) is 0 Å². The molecule has 0 fully saturated rings. The average molecular weight is 599 g/mol. The van der Waals surface area contributed by atoms with Gasteiger partial charge in [-0.1, -0.05) is 0 Å². The maximum atomic E-state index is 2.61. The van der Waals surface area contributed by atoms with E-state index in [1.807, 2.05) is 3.28 Å². The van der Waals surface area contributed by atoms with Crippen LogP contribution in [0, 0.1) is 5.92 Å². The topological polar surface area (TPSA) is 0 Å². The molecule has 182 valence electrons. The van der Waals surface area contributed by atoms with Crippen LogP contribution in [0.3, 0.4) is 0 Å². The maximum Gasteiger partial charge on any atom is -0.147 e. The monoisotopic (exact) mass is 596 g/mol. The molecule has 0 radical (unpaired) electrons. The van der Waals surface area contributed by atoms with Crippen molar-refractivity contribution in [3.05, 3.63) is 97.4 Å². The van der Waals surface area contributed by atoms with Gasteiger partial charge in [-0.25, -0.2) is 0 Å².